The van der Waals surface area contributed by atoms with Crippen LogP contribution in [0.3, 0.4) is 0 Å². The summed E-state index contributed by atoms with van der Waals surface area (Å²) in [5.41, 5.74) is 1.97. The van der Waals surface area contributed by atoms with Crippen molar-refractivity contribution in [3.63, 3.8) is 0 Å². The lowest BCUT2D eigenvalue weighted by Crippen LogP contribution is -1.88. The first-order valence-electron chi connectivity index (χ1n) is 3.89. The van der Waals surface area contributed by atoms with Gasteiger partial charge in [0.05, 0.1) is 10.5 Å². The molecule has 2 rings (SSSR count). The van der Waals surface area contributed by atoms with E-state index in [1.807, 2.05) is 36.1 Å². The Morgan fingerprint density at radius 2 is 2.23 bits per heavy atom. The molecule has 4 heteroatoms. The molecule has 0 atom stereocenters. The summed E-state index contributed by atoms with van der Waals surface area (Å²) in [7, 11) is 2.00. The number of hydrogen-bond acceptors (Lipinski definition) is 2. The first-order valence-corrected chi connectivity index (χ1v) is 5.49. The van der Waals surface area contributed by atoms with Crippen molar-refractivity contribution < 1.29 is 0 Å². The van der Waals surface area contributed by atoms with Crippen LogP contribution in [0.1, 0.15) is 0 Å². The van der Waals surface area contributed by atoms with Gasteiger partial charge >= 0.3 is 0 Å². The summed E-state index contributed by atoms with van der Waals surface area (Å²) in [6.07, 6.45) is 2.01. The molecule has 1 heterocycles. The van der Waals surface area contributed by atoms with Gasteiger partial charge in [0.2, 0.25) is 0 Å². The summed E-state index contributed by atoms with van der Waals surface area (Å²) in [6, 6.07) is 5.82. The lowest BCUT2D eigenvalue weighted by molar-refractivity contribution is 0.817. The van der Waals surface area contributed by atoms with Crippen molar-refractivity contribution in [3.8, 4) is 0 Å². The summed E-state index contributed by atoms with van der Waals surface area (Å²) in [5, 5.41) is 1.71. The highest BCUT2D eigenvalue weighted by Gasteiger charge is 2.08. The van der Waals surface area contributed by atoms with Crippen LogP contribution in [0.5, 0.6) is 0 Å². The third-order valence-electron chi connectivity index (χ3n) is 2.00. The number of para-hydroxylation sites is 1. The molecular weight excluding hydrogens is 204 g/mol. The van der Waals surface area contributed by atoms with Gasteiger partial charge in [-0.15, -0.1) is 0 Å². The van der Waals surface area contributed by atoms with Gasteiger partial charge < -0.3 is 4.57 Å². The summed E-state index contributed by atoms with van der Waals surface area (Å²) in [5.74, 6) is 0. The number of nitrogens with zero attached hydrogens (tertiary/aromatic N) is 2. The van der Waals surface area contributed by atoms with Crippen molar-refractivity contribution in [2.45, 2.75) is 5.16 Å². The summed E-state index contributed by atoms with van der Waals surface area (Å²) in [4.78, 5) is 4.42. The van der Waals surface area contributed by atoms with E-state index in [2.05, 4.69) is 4.98 Å². The summed E-state index contributed by atoms with van der Waals surface area (Å²) in [6.45, 7) is 0. The maximum Gasteiger partial charge on any atom is 0.168 e. The average molecular weight is 213 g/mol. The Bertz CT molecular complexity index is 450. The molecule has 1 aromatic carbocycles. The first kappa shape index (κ1) is 8.91. The zero-order chi connectivity index (χ0) is 9.42. The number of imidazole rings is 1. The molecule has 68 valence electrons. The maximum atomic E-state index is 6.01. The Labute approximate surface area is 85.9 Å². The predicted octanol–water partition coefficient (Wildman–Crippen LogP) is 2.95. The molecule has 0 spiro atoms. The third-order valence-corrected chi connectivity index (χ3v) is 3.04. The first-order chi connectivity index (χ1) is 6.24. The Kier molecular flexibility index (Phi) is 2.22. The van der Waals surface area contributed by atoms with Crippen molar-refractivity contribution in [1.82, 2.24) is 9.55 Å². The van der Waals surface area contributed by atoms with Gasteiger partial charge in [-0.2, -0.15) is 0 Å². The highest BCUT2D eigenvalue weighted by molar-refractivity contribution is 7.98. The van der Waals surface area contributed by atoms with Crippen molar-refractivity contribution in [2.24, 2.45) is 7.05 Å². The molecule has 1 aromatic heterocycles. The fraction of sp³-hybridized carbons (Fsp3) is 0.222. The molecule has 0 radical (unpaired) electrons. The van der Waals surface area contributed by atoms with Crippen LogP contribution in [0.15, 0.2) is 23.4 Å². The van der Waals surface area contributed by atoms with E-state index >= 15 is 0 Å². The average Bonchev–Trinajstić information content (AvgIpc) is 2.45. The van der Waals surface area contributed by atoms with Crippen LogP contribution in [0, 0.1) is 0 Å². The molecule has 0 amide bonds. The van der Waals surface area contributed by atoms with Crippen LogP contribution in [0.4, 0.5) is 0 Å². The van der Waals surface area contributed by atoms with E-state index in [0.717, 1.165) is 16.2 Å². The van der Waals surface area contributed by atoms with Gasteiger partial charge in [-0.3, -0.25) is 0 Å². The Morgan fingerprint density at radius 1 is 1.46 bits per heavy atom. The van der Waals surface area contributed by atoms with E-state index in [-0.39, 0.29) is 0 Å². The zero-order valence-electron chi connectivity index (χ0n) is 7.41. The predicted molar refractivity (Wildman–Crippen MR) is 57.5 cm³/mol. The molecule has 0 unspecified atom stereocenters. The maximum absolute atomic E-state index is 6.01. The van der Waals surface area contributed by atoms with Gasteiger partial charge in [0.25, 0.3) is 0 Å². The van der Waals surface area contributed by atoms with E-state index in [0.29, 0.717) is 5.02 Å². The van der Waals surface area contributed by atoms with E-state index in [1.165, 1.54) is 0 Å². The molecule has 13 heavy (non-hydrogen) atoms. The monoisotopic (exact) mass is 212 g/mol. The normalized spacial score (nSPS) is 11.0. The van der Waals surface area contributed by atoms with E-state index in [4.69, 9.17) is 11.6 Å². The van der Waals surface area contributed by atoms with Crippen LogP contribution in [0.25, 0.3) is 11.0 Å². The molecule has 0 aliphatic carbocycles. The minimum Gasteiger partial charge on any atom is -0.322 e. The number of aryl methyl sites for hydroxylation is 1. The van der Waals surface area contributed by atoms with Crippen LogP contribution in [-0.2, 0) is 7.05 Å². The van der Waals surface area contributed by atoms with Gasteiger partial charge in [-0.1, -0.05) is 29.4 Å². The Balaban J connectivity index is 2.83. The van der Waals surface area contributed by atoms with Gasteiger partial charge in [0.1, 0.15) is 5.52 Å². The van der Waals surface area contributed by atoms with Crippen LogP contribution in [0.2, 0.25) is 5.02 Å². The van der Waals surface area contributed by atoms with E-state index in [1.54, 1.807) is 11.8 Å². The molecule has 0 saturated carbocycles. The second kappa shape index (κ2) is 3.24. The molecular formula is C9H9ClN2S. The SMILES string of the molecule is CSc1nc2c(Cl)cccc2n1C. The molecule has 0 fully saturated rings. The van der Waals surface area contributed by atoms with E-state index < -0.39 is 0 Å². The van der Waals surface area contributed by atoms with Crippen molar-refractivity contribution in [3.05, 3.63) is 23.2 Å². The second-order valence-corrected chi connectivity index (χ2v) is 3.95. The molecule has 0 saturated heterocycles. The summed E-state index contributed by atoms with van der Waals surface area (Å²) < 4.78 is 2.05. The lowest BCUT2D eigenvalue weighted by Gasteiger charge is -1.96. The highest BCUT2D eigenvalue weighted by atomic mass is 35.5. The zero-order valence-corrected chi connectivity index (χ0v) is 8.99. The second-order valence-electron chi connectivity index (χ2n) is 2.77. The van der Waals surface area contributed by atoms with Crippen molar-refractivity contribution in [2.75, 3.05) is 6.26 Å². The third kappa shape index (κ3) is 1.32. The minimum atomic E-state index is 0.716. The van der Waals surface area contributed by atoms with Crippen LogP contribution in [-0.4, -0.2) is 15.8 Å². The van der Waals surface area contributed by atoms with Crippen LogP contribution >= 0.6 is 23.4 Å². The molecule has 2 aromatic rings. The summed E-state index contributed by atoms with van der Waals surface area (Å²) >= 11 is 7.64. The lowest BCUT2D eigenvalue weighted by atomic mass is 10.3. The highest BCUT2D eigenvalue weighted by Crippen LogP contribution is 2.26. The number of rotatable bonds is 1. The fourth-order valence-corrected chi connectivity index (χ4v) is 2.11. The topological polar surface area (TPSA) is 17.8 Å². The number of halogens is 1. The molecule has 0 N–H and O–H groups in total. The number of thioether (sulfide) groups is 1. The van der Waals surface area contributed by atoms with E-state index in [9.17, 15) is 0 Å². The number of benzene rings is 1. The molecule has 0 bridgehead atoms. The number of hydrogen-bond donors (Lipinski definition) is 0. The Morgan fingerprint density at radius 3 is 2.85 bits per heavy atom. The van der Waals surface area contributed by atoms with Gasteiger partial charge in [0.15, 0.2) is 5.16 Å². The largest absolute Gasteiger partial charge is 0.322 e. The number of aromatic nitrogens is 2. The van der Waals surface area contributed by atoms with Gasteiger partial charge in [0, 0.05) is 7.05 Å². The molecule has 0 aliphatic rings. The van der Waals surface area contributed by atoms with Crippen LogP contribution < -0.4 is 0 Å². The Hall–Kier alpha value is -0.670. The van der Waals surface area contributed by atoms with Gasteiger partial charge in [-0.05, 0) is 18.4 Å². The number of fused-ring (bicyclic) bond motifs is 1. The fourth-order valence-electron chi connectivity index (χ4n) is 1.34. The van der Waals surface area contributed by atoms with Crippen molar-refractivity contribution in [1.29, 1.82) is 0 Å². The smallest absolute Gasteiger partial charge is 0.168 e. The molecule has 2 nitrogen and oxygen atoms in total. The minimum absolute atomic E-state index is 0.716. The quantitative estimate of drug-likeness (QED) is 0.677. The standard InChI is InChI=1S/C9H9ClN2S/c1-12-7-5-3-4-6(10)8(7)11-9(12)13-2/h3-5H,1-2H3. The van der Waals surface area contributed by atoms with Crippen molar-refractivity contribution >= 4 is 34.4 Å². The van der Waals surface area contributed by atoms with Gasteiger partial charge in [-0.25, -0.2) is 4.98 Å². The molecule has 0 aliphatic heterocycles.